The molecule has 0 radical (unpaired) electrons. The van der Waals surface area contributed by atoms with Gasteiger partial charge in [-0.15, -0.1) is 0 Å². The van der Waals surface area contributed by atoms with Crippen molar-refractivity contribution >= 4 is 15.7 Å². The molecule has 1 aliphatic rings. The monoisotopic (exact) mass is 391 g/mol. The maximum atomic E-state index is 12.8. The van der Waals surface area contributed by atoms with Crippen molar-refractivity contribution < 1.29 is 26.4 Å². The predicted octanol–water partition coefficient (Wildman–Crippen LogP) is 4.06. The molecule has 0 unspecified atom stereocenters. The van der Waals surface area contributed by atoms with Crippen LogP contribution in [0.1, 0.15) is 49.4 Å². The zero-order valence-corrected chi connectivity index (χ0v) is 15.7. The van der Waals surface area contributed by atoms with E-state index in [9.17, 15) is 26.4 Å². The summed E-state index contributed by atoms with van der Waals surface area (Å²) in [6.45, 7) is 1.74. The van der Waals surface area contributed by atoms with Crippen LogP contribution in [0.15, 0.2) is 29.2 Å². The van der Waals surface area contributed by atoms with Crippen LogP contribution in [-0.2, 0) is 9.84 Å². The molecule has 1 aromatic rings. The number of amides is 1. The van der Waals surface area contributed by atoms with Crippen molar-refractivity contribution in [1.29, 1.82) is 0 Å². The first kappa shape index (κ1) is 20.7. The summed E-state index contributed by atoms with van der Waals surface area (Å²) < 4.78 is 63.2. The molecule has 0 saturated heterocycles. The normalized spacial score (nSPS) is 21.4. The maximum Gasteiger partial charge on any atom is 0.391 e. The fraction of sp³-hybridized carbons (Fsp3) is 0.611. The Kier molecular flexibility index (Phi) is 6.37. The fourth-order valence-electron chi connectivity index (χ4n) is 3.44. The standard InChI is InChI=1S/C18H24F3NO3S/c1-3-12-26(24,25)16-7-5-4-6-15(16)17(23)22(2)14-10-8-13(9-11-14)18(19,20)21/h4-7,13-14H,3,8-12H2,1-2H3. The van der Waals surface area contributed by atoms with Crippen LogP contribution < -0.4 is 0 Å². The zero-order chi connectivity index (χ0) is 19.5. The van der Waals surface area contributed by atoms with E-state index < -0.39 is 27.8 Å². The third-order valence-corrected chi connectivity index (χ3v) is 6.92. The molecular weight excluding hydrogens is 367 g/mol. The number of halogens is 3. The number of hydrogen-bond donors (Lipinski definition) is 0. The summed E-state index contributed by atoms with van der Waals surface area (Å²) in [5, 5.41) is 0. The van der Waals surface area contributed by atoms with E-state index in [0.29, 0.717) is 6.42 Å². The highest BCUT2D eigenvalue weighted by molar-refractivity contribution is 7.91. The highest BCUT2D eigenvalue weighted by Crippen LogP contribution is 2.38. The molecular formula is C18H24F3NO3S. The Labute approximate surface area is 152 Å². The summed E-state index contributed by atoms with van der Waals surface area (Å²) in [6, 6.07) is 5.71. The molecule has 0 N–H and O–H groups in total. The average Bonchev–Trinajstić information content (AvgIpc) is 2.60. The lowest BCUT2D eigenvalue weighted by atomic mass is 9.85. The Morgan fingerprint density at radius 1 is 1.15 bits per heavy atom. The van der Waals surface area contributed by atoms with E-state index in [1.54, 1.807) is 19.1 Å². The van der Waals surface area contributed by atoms with Crippen molar-refractivity contribution in [3.63, 3.8) is 0 Å². The number of benzene rings is 1. The van der Waals surface area contributed by atoms with Gasteiger partial charge in [-0.3, -0.25) is 4.79 Å². The van der Waals surface area contributed by atoms with Crippen LogP contribution in [0.3, 0.4) is 0 Å². The van der Waals surface area contributed by atoms with Crippen LogP contribution in [0, 0.1) is 5.92 Å². The van der Waals surface area contributed by atoms with Crippen LogP contribution in [0.4, 0.5) is 13.2 Å². The number of carbonyl (C=O) groups excluding carboxylic acids is 1. The summed E-state index contributed by atoms with van der Waals surface area (Å²) in [5.74, 6) is -1.84. The largest absolute Gasteiger partial charge is 0.391 e. The van der Waals surface area contributed by atoms with E-state index in [1.807, 2.05) is 0 Å². The lowest BCUT2D eigenvalue weighted by Gasteiger charge is -2.35. The highest BCUT2D eigenvalue weighted by Gasteiger charge is 2.42. The van der Waals surface area contributed by atoms with Gasteiger partial charge in [0.25, 0.3) is 5.91 Å². The summed E-state index contributed by atoms with van der Waals surface area (Å²) in [4.78, 5) is 14.2. The summed E-state index contributed by atoms with van der Waals surface area (Å²) >= 11 is 0. The fourth-order valence-corrected chi connectivity index (χ4v) is 4.97. The van der Waals surface area contributed by atoms with Gasteiger partial charge < -0.3 is 4.90 Å². The molecule has 2 rings (SSSR count). The smallest absolute Gasteiger partial charge is 0.339 e. The van der Waals surface area contributed by atoms with Crippen molar-refractivity contribution in [2.75, 3.05) is 12.8 Å². The van der Waals surface area contributed by atoms with Gasteiger partial charge in [0.05, 0.1) is 22.1 Å². The molecule has 1 fully saturated rings. The van der Waals surface area contributed by atoms with Gasteiger partial charge in [-0.05, 0) is 44.2 Å². The Bertz CT molecular complexity index is 738. The van der Waals surface area contributed by atoms with Crippen molar-refractivity contribution in [3.05, 3.63) is 29.8 Å². The predicted molar refractivity (Wildman–Crippen MR) is 92.7 cm³/mol. The second-order valence-electron chi connectivity index (χ2n) is 6.78. The first-order valence-corrected chi connectivity index (χ1v) is 10.4. The Morgan fingerprint density at radius 2 is 1.73 bits per heavy atom. The van der Waals surface area contributed by atoms with E-state index in [-0.39, 0.29) is 47.9 Å². The minimum atomic E-state index is -4.20. The SMILES string of the molecule is CCCS(=O)(=O)c1ccccc1C(=O)N(C)C1CCC(C(F)(F)F)CC1. The van der Waals surface area contributed by atoms with Crippen molar-refractivity contribution in [3.8, 4) is 0 Å². The molecule has 1 aromatic carbocycles. The topological polar surface area (TPSA) is 54.5 Å². The molecule has 1 amide bonds. The van der Waals surface area contributed by atoms with Gasteiger partial charge in [-0.25, -0.2) is 8.42 Å². The van der Waals surface area contributed by atoms with Gasteiger partial charge in [0.1, 0.15) is 0 Å². The first-order chi connectivity index (χ1) is 12.1. The van der Waals surface area contributed by atoms with Crippen LogP contribution in [0.2, 0.25) is 0 Å². The van der Waals surface area contributed by atoms with E-state index in [4.69, 9.17) is 0 Å². The number of hydrogen-bond acceptors (Lipinski definition) is 3. The number of nitrogens with zero attached hydrogens (tertiary/aromatic N) is 1. The number of alkyl halides is 3. The Hall–Kier alpha value is -1.57. The molecule has 0 atom stereocenters. The average molecular weight is 391 g/mol. The van der Waals surface area contributed by atoms with Crippen LogP contribution in [-0.4, -0.2) is 44.2 Å². The van der Waals surface area contributed by atoms with Crippen LogP contribution in [0.25, 0.3) is 0 Å². The lowest BCUT2D eigenvalue weighted by molar-refractivity contribution is -0.183. The van der Waals surface area contributed by atoms with Crippen molar-refractivity contribution in [2.24, 2.45) is 5.92 Å². The third kappa shape index (κ3) is 4.58. The van der Waals surface area contributed by atoms with E-state index in [1.165, 1.54) is 24.1 Å². The number of sulfone groups is 1. The Morgan fingerprint density at radius 3 is 2.27 bits per heavy atom. The molecule has 1 aliphatic carbocycles. The summed E-state index contributed by atoms with van der Waals surface area (Å²) in [5.41, 5.74) is 0.0846. The zero-order valence-electron chi connectivity index (χ0n) is 14.9. The highest BCUT2D eigenvalue weighted by atomic mass is 32.2. The van der Waals surface area contributed by atoms with Gasteiger partial charge in [0.2, 0.25) is 0 Å². The third-order valence-electron chi connectivity index (χ3n) is 4.95. The van der Waals surface area contributed by atoms with Crippen molar-refractivity contribution in [1.82, 2.24) is 4.90 Å². The molecule has 1 saturated carbocycles. The minimum Gasteiger partial charge on any atom is -0.339 e. The molecule has 26 heavy (non-hydrogen) atoms. The quantitative estimate of drug-likeness (QED) is 0.761. The number of carbonyl (C=O) groups is 1. The molecule has 4 nitrogen and oxygen atoms in total. The summed E-state index contributed by atoms with van der Waals surface area (Å²) in [7, 11) is -2.04. The Balaban J connectivity index is 2.18. The second kappa shape index (κ2) is 7.98. The van der Waals surface area contributed by atoms with Gasteiger partial charge in [-0.2, -0.15) is 13.2 Å². The second-order valence-corrected chi connectivity index (χ2v) is 8.86. The molecule has 8 heteroatoms. The van der Waals surface area contributed by atoms with Gasteiger partial charge >= 0.3 is 6.18 Å². The minimum absolute atomic E-state index is 0.0114. The van der Waals surface area contributed by atoms with Crippen molar-refractivity contribution in [2.45, 2.75) is 56.1 Å². The summed E-state index contributed by atoms with van der Waals surface area (Å²) in [6.07, 6.45) is -3.27. The lowest BCUT2D eigenvalue weighted by Crippen LogP contribution is -2.41. The first-order valence-electron chi connectivity index (χ1n) is 8.73. The van der Waals surface area contributed by atoms with Crippen LogP contribution >= 0.6 is 0 Å². The van der Waals surface area contributed by atoms with Gasteiger partial charge in [0, 0.05) is 13.1 Å². The van der Waals surface area contributed by atoms with E-state index in [0.717, 1.165) is 0 Å². The number of rotatable bonds is 5. The van der Waals surface area contributed by atoms with E-state index >= 15 is 0 Å². The van der Waals surface area contributed by atoms with Gasteiger partial charge in [0.15, 0.2) is 9.84 Å². The molecule has 0 aromatic heterocycles. The maximum absolute atomic E-state index is 12.8. The van der Waals surface area contributed by atoms with Gasteiger partial charge in [-0.1, -0.05) is 19.1 Å². The molecule has 146 valence electrons. The molecule has 0 spiro atoms. The molecule has 0 bridgehead atoms. The molecule has 0 heterocycles. The molecule has 0 aliphatic heterocycles. The van der Waals surface area contributed by atoms with Crippen LogP contribution in [0.5, 0.6) is 0 Å². The van der Waals surface area contributed by atoms with E-state index in [2.05, 4.69) is 0 Å².